The van der Waals surface area contributed by atoms with E-state index in [1.54, 1.807) is 0 Å². The summed E-state index contributed by atoms with van der Waals surface area (Å²) in [7, 11) is 2.89. The Morgan fingerprint density at radius 1 is 1.21 bits per heavy atom. The van der Waals surface area contributed by atoms with E-state index in [1.807, 2.05) is 6.08 Å². The standard InChI is InChI=1S/C22H29OP/c1-4-7-18(5-2)19-10-8-17(9-11-19)16-23-21-14-12-20(13-15-21)22(24)6-3/h4,7-8,10,12-15,22H,1,5-6,9,11,16,24H2,2-3H3/b18-7+. The van der Waals surface area contributed by atoms with Crippen LogP contribution in [0.5, 0.6) is 5.75 Å². The van der Waals surface area contributed by atoms with E-state index in [2.05, 4.69) is 72.2 Å². The number of benzene rings is 1. The van der Waals surface area contributed by atoms with Crippen LogP contribution in [0, 0.1) is 0 Å². The molecule has 0 heterocycles. The Morgan fingerprint density at radius 2 is 1.96 bits per heavy atom. The average Bonchev–Trinajstić information content (AvgIpc) is 2.64. The van der Waals surface area contributed by atoms with Crippen LogP contribution >= 0.6 is 9.24 Å². The number of allylic oxidation sites excluding steroid dienone is 6. The summed E-state index contributed by atoms with van der Waals surface area (Å²) in [5, 5.41) is 0. The monoisotopic (exact) mass is 340 g/mol. The van der Waals surface area contributed by atoms with E-state index < -0.39 is 0 Å². The summed E-state index contributed by atoms with van der Waals surface area (Å²) in [5.74, 6) is 0.948. The number of ether oxygens (including phenoxy) is 1. The van der Waals surface area contributed by atoms with Crippen molar-refractivity contribution in [1.82, 2.24) is 0 Å². The third kappa shape index (κ3) is 5.21. The normalized spacial score (nSPS) is 16.2. The molecular formula is C22H29OP. The molecule has 0 radical (unpaired) electrons. The Kier molecular flexibility index (Phi) is 7.53. The van der Waals surface area contributed by atoms with Gasteiger partial charge in [0.1, 0.15) is 12.4 Å². The molecule has 0 saturated heterocycles. The molecule has 0 N–H and O–H groups in total. The molecule has 2 atom stereocenters. The van der Waals surface area contributed by atoms with Crippen LogP contribution in [0.25, 0.3) is 0 Å². The van der Waals surface area contributed by atoms with Gasteiger partial charge in [-0.15, -0.1) is 9.24 Å². The minimum Gasteiger partial charge on any atom is -0.489 e. The molecule has 0 spiro atoms. The largest absolute Gasteiger partial charge is 0.489 e. The highest BCUT2D eigenvalue weighted by molar-refractivity contribution is 7.17. The Balaban J connectivity index is 1.93. The molecule has 2 unspecified atom stereocenters. The predicted octanol–water partition coefficient (Wildman–Crippen LogP) is 6.56. The van der Waals surface area contributed by atoms with Crippen molar-refractivity contribution in [3.8, 4) is 5.75 Å². The fraction of sp³-hybridized carbons (Fsp3) is 0.364. The van der Waals surface area contributed by atoms with Crippen LogP contribution in [0.1, 0.15) is 50.8 Å². The second kappa shape index (κ2) is 9.64. The van der Waals surface area contributed by atoms with Crippen LogP contribution in [-0.2, 0) is 0 Å². The van der Waals surface area contributed by atoms with Crippen molar-refractivity contribution >= 4 is 9.24 Å². The van der Waals surface area contributed by atoms with Gasteiger partial charge < -0.3 is 4.74 Å². The summed E-state index contributed by atoms with van der Waals surface area (Å²) in [6.45, 7) is 8.87. The van der Waals surface area contributed by atoms with Crippen molar-refractivity contribution in [3.05, 3.63) is 77.4 Å². The molecule has 128 valence electrons. The van der Waals surface area contributed by atoms with Crippen molar-refractivity contribution in [2.45, 2.75) is 45.2 Å². The van der Waals surface area contributed by atoms with Gasteiger partial charge in [0.2, 0.25) is 0 Å². The average molecular weight is 340 g/mol. The van der Waals surface area contributed by atoms with Crippen LogP contribution < -0.4 is 4.74 Å². The molecule has 1 aliphatic carbocycles. The van der Waals surface area contributed by atoms with Crippen molar-refractivity contribution < 1.29 is 4.74 Å². The molecule has 0 bridgehead atoms. The molecule has 0 amide bonds. The van der Waals surface area contributed by atoms with E-state index in [9.17, 15) is 0 Å². The first-order valence-electron chi connectivity index (χ1n) is 8.86. The van der Waals surface area contributed by atoms with E-state index in [0.717, 1.165) is 31.4 Å². The maximum absolute atomic E-state index is 5.95. The van der Waals surface area contributed by atoms with Crippen molar-refractivity contribution in [3.63, 3.8) is 0 Å². The fourth-order valence-corrected chi connectivity index (χ4v) is 3.11. The molecule has 0 fully saturated rings. The lowest BCUT2D eigenvalue weighted by Gasteiger charge is -2.17. The van der Waals surface area contributed by atoms with E-state index in [1.165, 1.54) is 22.3 Å². The quantitative estimate of drug-likeness (QED) is 0.384. The van der Waals surface area contributed by atoms with Gasteiger partial charge in [-0.25, -0.2) is 0 Å². The molecule has 0 aliphatic heterocycles. The Labute approximate surface area is 149 Å². The lowest BCUT2D eigenvalue weighted by atomic mass is 9.92. The van der Waals surface area contributed by atoms with Crippen molar-refractivity contribution in [1.29, 1.82) is 0 Å². The first-order chi connectivity index (χ1) is 11.7. The van der Waals surface area contributed by atoms with Gasteiger partial charge in [0.15, 0.2) is 0 Å². The van der Waals surface area contributed by atoms with Gasteiger partial charge in [-0.3, -0.25) is 0 Å². The predicted molar refractivity (Wildman–Crippen MR) is 109 cm³/mol. The zero-order valence-corrected chi connectivity index (χ0v) is 16.1. The van der Waals surface area contributed by atoms with Crippen LogP contribution in [0.2, 0.25) is 0 Å². The third-order valence-corrected chi connectivity index (χ3v) is 5.38. The zero-order valence-electron chi connectivity index (χ0n) is 14.9. The molecule has 1 aliphatic rings. The first kappa shape index (κ1) is 18.7. The zero-order chi connectivity index (χ0) is 17.4. The Morgan fingerprint density at radius 3 is 2.50 bits per heavy atom. The van der Waals surface area contributed by atoms with E-state index in [-0.39, 0.29) is 0 Å². The Bertz CT molecular complexity index is 634. The van der Waals surface area contributed by atoms with Gasteiger partial charge in [0.05, 0.1) is 0 Å². The molecule has 1 nitrogen and oxygen atoms in total. The van der Waals surface area contributed by atoms with Gasteiger partial charge in [-0.2, -0.15) is 0 Å². The molecular weight excluding hydrogens is 311 g/mol. The van der Waals surface area contributed by atoms with Crippen LogP contribution in [-0.4, -0.2) is 6.61 Å². The molecule has 24 heavy (non-hydrogen) atoms. The van der Waals surface area contributed by atoms with Gasteiger partial charge in [0, 0.05) is 0 Å². The maximum atomic E-state index is 5.95. The topological polar surface area (TPSA) is 9.23 Å². The number of hydrogen-bond acceptors (Lipinski definition) is 1. The highest BCUT2D eigenvalue weighted by Gasteiger charge is 2.10. The second-order valence-corrected chi connectivity index (χ2v) is 6.98. The summed E-state index contributed by atoms with van der Waals surface area (Å²) < 4.78 is 5.95. The SMILES string of the molecule is C=C/C=C(\CC)C1=CC=C(COc2ccc(C(P)CC)cc2)CC1. The molecule has 1 aromatic carbocycles. The van der Waals surface area contributed by atoms with Crippen molar-refractivity contribution in [2.75, 3.05) is 6.61 Å². The highest BCUT2D eigenvalue weighted by Crippen LogP contribution is 2.29. The summed E-state index contributed by atoms with van der Waals surface area (Å²) in [6.07, 6.45) is 12.8. The molecule has 2 heteroatoms. The van der Waals surface area contributed by atoms with E-state index >= 15 is 0 Å². The van der Waals surface area contributed by atoms with Gasteiger partial charge in [0.25, 0.3) is 0 Å². The van der Waals surface area contributed by atoms with E-state index in [4.69, 9.17) is 4.74 Å². The lowest BCUT2D eigenvalue weighted by Crippen LogP contribution is -2.05. The first-order valence-corrected chi connectivity index (χ1v) is 9.53. The summed E-state index contributed by atoms with van der Waals surface area (Å²) >= 11 is 0. The van der Waals surface area contributed by atoms with Crippen LogP contribution in [0.3, 0.4) is 0 Å². The number of hydrogen-bond donors (Lipinski definition) is 0. The minimum atomic E-state index is 0.528. The lowest BCUT2D eigenvalue weighted by molar-refractivity contribution is 0.347. The molecule has 1 aromatic rings. The second-order valence-electron chi connectivity index (χ2n) is 6.17. The summed E-state index contributed by atoms with van der Waals surface area (Å²) in [5.41, 5.74) is 6.05. The molecule has 0 aromatic heterocycles. The van der Waals surface area contributed by atoms with Gasteiger partial charge >= 0.3 is 0 Å². The summed E-state index contributed by atoms with van der Waals surface area (Å²) in [6, 6.07) is 8.48. The fourth-order valence-electron chi connectivity index (χ4n) is 2.89. The molecule has 0 saturated carbocycles. The van der Waals surface area contributed by atoms with E-state index in [0.29, 0.717) is 12.3 Å². The molecule has 2 rings (SSSR count). The van der Waals surface area contributed by atoms with Crippen molar-refractivity contribution in [2.24, 2.45) is 0 Å². The van der Waals surface area contributed by atoms with Crippen LogP contribution in [0.4, 0.5) is 0 Å². The highest BCUT2D eigenvalue weighted by atomic mass is 31.0. The number of rotatable bonds is 8. The minimum absolute atomic E-state index is 0.528. The van der Waals surface area contributed by atoms with Crippen LogP contribution in [0.15, 0.2) is 71.9 Å². The Hall–Kier alpha value is -1.59. The smallest absolute Gasteiger partial charge is 0.119 e. The maximum Gasteiger partial charge on any atom is 0.119 e. The van der Waals surface area contributed by atoms with Gasteiger partial charge in [-0.1, -0.05) is 56.9 Å². The summed E-state index contributed by atoms with van der Waals surface area (Å²) in [4.78, 5) is 0. The van der Waals surface area contributed by atoms with Gasteiger partial charge in [-0.05, 0) is 65.8 Å². The third-order valence-electron chi connectivity index (χ3n) is 4.52.